The Bertz CT molecular complexity index is 520. The first-order valence-electron chi connectivity index (χ1n) is 5.16. The van der Waals surface area contributed by atoms with E-state index in [2.05, 4.69) is 9.84 Å². The summed E-state index contributed by atoms with van der Waals surface area (Å²) in [6.45, 7) is 0.489. The average molecular weight is 231 g/mol. The molecule has 0 radical (unpaired) electrons. The van der Waals surface area contributed by atoms with E-state index in [4.69, 9.17) is 5.73 Å². The fourth-order valence-corrected chi connectivity index (χ4v) is 1.60. The Morgan fingerprint density at radius 3 is 2.76 bits per heavy atom. The van der Waals surface area contributed by atoms with Gasteiger partial charge in [-0.15, -0.1) is 0 Å². The Hall–Kier alpha value is -2.30. The molecule has 88 valence electrons. The smallest absolute Gasteiger partial charge is 0.358 e. The maximum absolute atomic E-state index is 11.5. The van der Waals surface area contributed by atoms with Gasteiger partial charge in [0.05, 0.1) is 25.5 Å². The summed E-state index contributed by atoms with van der Waals surface area (Å²) in [5.41, 5.74) is 7.34. The predicted octanol–water partition coefficient (Wildman–Crippen LogP) is 1.30. The van der Waals surface area contributed by atoms with Gasteiger partial charge in [0.2, 0.25) is 0 Å². The number of hydrogen-bond donors (Lipinski definition) is 1. The molecule has 2 rings (SSSR count). The van der Waals surface area contributed by atoms with Crippen molar-refractivity contribution in [2.75, 3.05) is 12.8 Å². The molecule has 2 N–H and O–H groups in total. The Balaban J connectivity index is 2.31. The van der Waals surface area contributed by atoms with Crippen molar-refractivity contribution < 1.29 is 9.53 Å². The highest BCUT2D eigenvalue weighted by molar-refractivity contribution is 5.92. The molecule has 17 heavy (non-hydrogen) atoms. The zero-order valence-electron chi connectivity index (χ0n) is 9.46. The molecule has 1 aromatic carbocycles. The second kappa shape index (κ2) is 4.69. The summed E-state index contributed by atoms with van der Waals surface area (Å²) in [5, 5.41) is 4.07. The van der Waals surface area contributed by atoms with Gasteiger partial charge in [-0.2, -0.15) is 5.10 Å². The lowest BCUT2D eigenvalue weighted by Gasteiger charge is -2.06. The molecule has 1 heterocycles. The van der Waals surface area contributed by atoms with Gasteiger partial charge in [-0.1, -0.05) is 30.3 Å². The molecule has 0 fully saturated rings. The van der Waals surface area contributed by atoms with Crippen LogP contribution in [0.15, 0.2) is 36.5 Å². The summed E-state index contributed by atoms with van der Waals surface area (Å²) in [7, 11) is 1.32. The van der Waals surface area contributed by atoms with Gasteiger partial charge in [0, 0.05) is 0 Å². The van der Waals surface area contributed by atoms with Crippen LogP contribution in [-0.2, 0) is 11.3 Å². The highest BCUT2D eigenvalue weighted by Gasteiger charge is 2.17. The van der Waals surface area contributed by atoms with E-state index in [1.165, 1.54) is 18.0 Å². The molecule has 0 unspecified atom stereocenters. The number of hydrogen-bond acceptors (Lipinski definition) is 4. The highest BCUT2D eigenvalue weighted by atomic mass is 16.5. The van der Waals surface area contributed by atoms with Gasteiger partial charge >= 0.3 is 5.97 Å². The van der Waals surface area contributed by atoms with E-state index in [1.54, 1.807) is 0 Å². The molecule has 1 aromatic heterocycles. The zero-order valence-corrected chi connectivity index (χ0v) is 9.46. The van der Waals surface area contributed by atoms with Gasteiger partial charge in [-0.3, -0.25) is 4.68 Å². The van der Waals surface area contributed by atoms with E-state index in [-0.39, 0.29) is 5.69 Å². The van der Waals surface area contributed by atoms with E-state index >= 15 is 0 Å². The van der Waals surface area contributed by atoms with Gasteiger partial charge in [-0.05, 0) is 5.56 Å². The standard InChI is InChI=1S/C12H13N3O2/c1-17-12(16)11-10(13)7-14-15(11)8-9-5-3-2-4-6-9/h2-7H,8,13H2,1H3. The van der Waals surface area contributed by atoms with Gasteiger partial charge in [-0.25, -0.2) is 4.79 Å². The maximum Gasteiger partial charge on any atom is 0.358 e. The Morgan fingerprint density at radius 1 is 1.41 bits per heavy atom. The molecule has 0 spiro atoms. The maximum atomic E-state index is 11.5. The molecule has 0 aliphatic heterocycles. The monoisotopic (exact) mass is 231 g/mol. The van der Waals surface area contributed by atoms with Gasteiger partial charge in [0.1, 0.15) is 0 Å². The molecule has 0 bridgehead atoms. The number of anilines is 1. The third-order valence-electron chi connectivity index (χ3n) is 2.42. The van der Waals surface area contributed by atoms with Gasteiger partial charge < -0.3 is 10.5 Å². The van der Waals surface area contributed by atoms with Crippen molar-refractivity contribution in [3.8, 4) is 0 Å². The number of aromatic nitrogens is 2. The number of carbonyl (C=O) groups is 1. The van der Waals surface area contributed by atoms with Crippen molar-refractivity contribution >= 4 is 11.7 Å². The fraction of sp³-hybridized carbons (Fsp3) is 0.167. The molecule has 0 atom stereocenters. The van der Waals surface area contributed by atoms with Crippen molar-refractivity contribution in [2.45, 2.75) is 6.54 Å². The summed E-state index contributed by atoms with van der Waals surface area (Å²) in [4.78, 5) is 11.5. The molecular formula is C12H13N3O2. The lowest BCUT2D eigenvalue weighted by molar-refractivity contribution is 0.0588. The molecule has 0 aliphatic rings. The minimum absolute atomic E-state index is 0.288. The summed E-state index contributed by atoms with van der Waals surface area (Å²) in [6, 6.07) is 9.71. The van der Waals surface area contributed by atoms with E-state index < -0.39 is 5.97 Å². The number of nitrogen functional groups attached to an aromatic ring is 1. The lowest BCUT2D eigenvalue weighted by atomic mass is 10.2. The summed E-state index contributed by atoms with van der Waals surface area (Å²) in [5.74, 6) is -0.476. The molecule has 0 saturated heterocycles. The van der Waals surface area contributed by atoms with E-state index in [9.17, 15) is 4.79 Å². The summed E-state index contributed by atoms with van der Waals surface area (Å²) >= 11 is 0. The van der Waals surface area contributed by atoms with Crippen LogP contribution in [0.2, 0.25) is 0 Å². The van der Waals surface area contributed by atoms with Crippen LogP contribution in [-0.4, -0.2) is 22.9 Å². The number of esters is 1. The molecule has 5 heteroatoms. The SMILES string of the molecule is COC(=O)c1c(N)cnn1Cc1ccccc1. The van der Waals surface area contributed by atoms with Crippen LogP contribution in [0.25, 0.3) is 0 Å². The zero-order chi connectivity index (χ0) is 12.3. The second-order valence-electron chi connectivity index (χ2n) is 3.58. The van der Waals surface area contributed by atoms with Crippen molar-refractivity contribution in [3.05, 3.63) is 47.8 Å². The predicted molar refractivity (Wildman–Crippen MR) is 63.5 cm³/mol. The van der Waals surface area contributed by atoms with Gasteiger partial charge in [0.25, 0.3) is 0 Å². The first kappa shape index (κ1) is 11.2. The summed E-state index contributed by atoms with van der Waals surface area (Å²) < 4.78 is 6.21. The van der Waals surface area contributed by atoms with Crippen LogP contribution < -0.4 is 5.73 Å². The van der Waals surface area contributed by atoms with Crippen molar-refractivity contribution in [1.82, 2.24) is 9.78 Å². The van der Waals surface area contributed by atoms with Gasteiger partial charge in [0.15, 0.2) is 5.69 Å². The quantitative estimate of drug-likeness (QED) is 0.808. The first-order valence-corrected chi connectivity index (χ1v) is 5.16. The van der Waals surface area contributed by atoms with Crippen molar-refractivity contribution in [2.24, 2.45) is 0 Å². The van der Waals surface area contributed by atoms with Crippen LogP contribution in [0.1, 0.15) is 16.1 Å². The number of ether oxygens (including phenoxy) is 1. The van der Waals surface area contributed by atoms with Crippen LogP contribution in [0, 0.1) is 0 Å². The first-order chi connectivity index (χ1) is 8.22. The van der Waals surface area contributed by atoms with E-state index in [1.807, 2.05) is 30.3 Å². The number of rotatable bonds is 3. The lowest BCUT2D eigenvalue weighted by Crippen LogP contribution is -2.14. The molecule has 2 aromatic rings. The van der Waals surface area contributed by atoms with Crippen LogP contribution >= 0.6 is 0 Å². The molecule has 0 amide bonds. The van der Waals surface area contributed by atoms with E-state index in [0.717, 1.165) is 5.56 Å². The summed E-state index contributed by atoms with van der Waals surface area (Å²) in [6.07, 6.45) is 1.45. The Labute approximate surface area is 98.8 Å². The van der Waals surface area contributed by atoms with Crippen LogP contribution in [0.4, 0.5) is 5.69 Å². The van der Waals surface area contributed by atoms with Crippen LogP contribution in [0.5, 0.6) is 0 Å². The number of benzene rings is 1. The van der Waals surface area contributed by atoms with E-state index in [0.29, 0.717) is 12.2 Å². The Kier molecular flexibility index (Phi) is 3.09. The van der Waals surface area contributed by atoms with Crippen LogP contribution in [0.3, 0.4) is 0 Å². The Morgan fingerprint density at radius 2 is 2.12 bits per heavy atom. The molecule has 0 aliphatic carbocycles. The number of nitrogens with zero attached hydrogens (tertiary/aromatic N) is 2. The minimum atomic E-state index is -0.476. The molecule has 0 saturated carbocycles. The topological polar surface area (TPSA) is 70.1 Å². The molecular weight excluding hydrogens is 218 g/mol. The largest absolute Gasteiger partial charge is 0.464 e. The third-order valence-corrected chi connectivity index (χ3v) is 2.42. The number of carbonyl (C=O) groups excluding carboxylic acids is 1. The normalized spacial score (nSPS) is 10.2. The average Bonchev–Trinajstić information content (AvgIpc) is 2.71. The second-order valence-corrected chi connectivity index (χ2v) is 3.58. The minimum Gasteiger partial charge on any atom is -0.464 e. The highest BCUT2D eigenvalue weighted by Crippen LogP contribution is 2.13. The number of methoxy groups -OCH3 is 1. The van der Waals surface area contributed by atoms with Crippen molar-refractivity contribution in [1.29, 1.82) is 0 Å². The molecule has 5 nitrogen and oxygen atoms in total. The fourth-order valence-electron chi connectivity index (χ4n) is 1.60. The third kappa shape index (κ3) is 2.28. The van der Waals surface area contributed by atoms with Crippen molar-refractivity contribution in [3.63, 3.8) is 0 Å². The number of nitrogens with two attached hydrogens (primary N) is 1.